The van der Waals surface area contributed by atoms with E-state index < -0.39 is 0 Å². The van der Waals surface area contributed by atoms with Gasteiger partial charge in [-0.15, -0.1) is 0 Å². The number of hydrogen-bond acceptors (Lipinski definition) is 4. The van der Waals surface area contributed by atoms with E-state index in [1.54, 1.807) is 12.1 Å². The summed E-state index contributed by atoms with van der Waals surface area (Å²) in [6.07, 6.45) is 2.25. The van der Waals surface area contributed by atoms with E-state index in [1.807, 2.05) is 24.3 Å². The standard InChI is InChI=1S/C16H16N4O3/c21-14(8-3-9-17-15(22)13-7-4-10-23-13)20-16-18-11-5-1-2-6-12(11)19-16/h1-2,4-7,10H,3,8-9H2,(H,17,22)(H2,18,19,20,21). The summed E-state index contributed by atoms with van der Waals surface area (Å²) in [6.45, 7) is 0.396. The summed E-state index contributed by atoms with van der Waals surface area (Å²) in [5.74, 6) is 0.247. The molecule has 0 aliphatic heterocycles. The SMILES string of the molecule is O=C(CCCNC(=O)c1ccco1)Nc1nc2ccccc2[nH]1. The molecule has 1 aromatic carbocycles. The fourth-order valence-corrected chi connectivity index (χ4v) is 2.15. The number of H-pyrrole nitrogens is 1. The van der Waals surface area contributed by atoms with Crippen LogP contribution >= 0.6 is 0 Å². The first-order chi connectivity index (χ1) is 11.2. The molecule has 3 N–H and O–H groups in total. The molecule has 2 heterocycles. The van der Waals surface area contributed by atoms with E-state index in [-0.39, 0.29) is 24.0 Å². The lowest BCUT2D eigenvalue weighted by Crippen LogP contribution is -2.25. The quantitative estimate of drug-likeness (QED) is 0.608. The summed E-state index contributed by atoms with van der Waals surface area (Å²) >= 11 is 0. The van der Waals surface area contributed by atoms with Gasteiger partial charge in [0.25, 0.3) is 5.91 Å². The van der Waals surface area contributed by atoms with Crippen LogP contribution in [0.3, 0.4) is 0 Å². The van der Waals surface area contributed by atoms with Crippen molar-refractivity contribution >= 4 is 28.8 Å². The second-order valence-electron chi connectivity index (χ2n) is 4.99. The van der Waals surface area contributed by atoms with Crippen molar-refractivity contribution in [1.82, 2.24) is 15.3 Å². The molecule has 0 radical (unpaired) electrons. The highest BCUT2D eigenvalue weighted by molar-refractivity contribution is 5.92. The molecule has 0 bridgehead atoms. The van der Waals surface area contributed by atoms with Gasteiger partial charge in [-0.3, -0.25) is 14.9 Å². The molecular weight excluding hydrogens is 296 g/mol. The average molecular weight is 312 g/mol. The van der Waals surface area contributed by atoms with Crippen molar-refractivity contribution < 1.29 is 14.0 Å². The van der Waals surface area contributed by atoms with Gasteiger partial charge in [0.15, 0.2) is 5.76 Å². The molecule has 0 fully saturated rings. The molecule has 0 aliphatic rings. The van der Waals surface area contributed by atoms with Crippen LogP contribution in [0.5, 0.6) is 0 Å². The maximum absolute atomic E-state index is 11.9. The van der Waals surface area contributed by atoms with Gasteiger partial charge in [-0.1, -0.05) is 12.1 Å². The predicted molar refractivity (Wildman–Crippen MR) is 85.0 cm³/mol. The van der Waals surface area contributed by atoms with Crippen LogP contribution in [0.25, 0.3) is 11.0 Å². The largest absolute Gasteiger partial charge is 0.459 e. The van der Waals surface area contributed by atoms with E-state index in [1.165, 1.54) is 6.26 Å². The van der Waals surface area contributed by atoms with Crippen LogP contribution < -0.4 is 10.6 Å². The number of benzene rings is 1. The van der Waals surface area contributed by atoms with Crippen molar-refractivity contribution in [3.8, 4) is 0 Å². The zero-order chi connectivity index (χ0) is 16.1. The van der Waals surface area contributed by atoms with E-state index in [2.05, 4.69) is 20.6 Å². The van der Waals surface area contributed by atoms with Crippen molar-refractivity contribution in [1.29, 1.82) is 0 Å². The lowest BCUT2D eigenvalue weighted by Gasteiger charge is -2.03. The van der Waals surface area contributed by atoms with Gasteiger partial charge in [0.2, 0.25) is 11.9 Å². The summed E-state index contributed by atoms with van der Waals surface area (Å²) in [7, 11) is 0. The number of para-hydroxylation sites is 2. The van der Waals surface area contributed by atoms with Crippen molar-refractivity contribution in [2.75, 3.05) is 11.9 Å². The predicted octanol–water partition coefficient (Wildman–Crippen LogP) is 2.30. The molecule has 0 aliphatic carbocycles. The molecule has 2 aromatic heterocycles. The fraction of sp³-hybridized carbons (Fsp3) is 0.188. The van der Waals surface area contributed by atoms with Crippen LogP contribution in [-0.4, -0.2) is 28.3 Å². The van der Waals surface area contributed by atoms with Crippen LogP contribution in [0, 0.1) is 0 Å². The third-order valence-electron chi connectivity index (χ3n) is 3.26. The number of rotatable bonds is 6. The number of hydrogen-bond donors (Lipinski definition) is 3. The number of aromatic amines is 1. The second-order valence-corrected chi connectivity index (χ2v) is 4.99. The Morgan fingerprint density at radius 2 is 2.04 bits per heavy atom. The minimum Gasteiger partial charge on any atom is -0.459 e. The maximum atomic E-state index is 11.9. The minimum atomic E-state index is -0.285. The molecular formula is C16H16N4O3. The molecule has 0 unspecified atom stereocenters. The second kappa shape index (κ2) is 6.78. The molecule has 0 atom stereocenters. The molecule has 3 aromatic rings. The number of anilines is 1. The third kappa shape index (κ3) is 3.76. The lowest BCUT2D eigenvalue weighted by atomic mass is 10.3. The van der Waals surface area contributed by atoms with Crippen LogP contribution in [0.4, 0.5) is 5.95 Å². The number of carbonyl (C=O) groups is 2. The first-order valence-corrected chi connectivity index (χ1v) is 7.29. The first kappa shape index (κ1) is 14.8. The number of nitrogens with zero attached hydrogens (tertiary/aromatic N) is 1. The number of fused-ring (bicyclic) bond motifs is 1. The lowest BCUT2D eigenvalue weighted by molar-refractivity contribution is -0.116. The van der Waals surface area contributed by atoms with E-state index in [0.717, 1.165) is 11.0 Å². The highest BCUT2D eigenvalue weighted by Crippen LogP contribution is 2.13. The van der Waals surface area contributed by atoms with Crippen molar-refractivity contribution in [2.45, 2.75) is 12.8 Å². The number of amides is 2. The van der Waals surface area contributed by atoms with E-state index in [0.29, 0.717) is 18.9 Å². The van der Waals surface area contributed by atoms with Gasteiger partial charge < -0.3 is 14.7 Å². The highest BCUT2D eigenvalue weighted by atomic mass is 16.3. The van der Waals surface area contributed by atoms with Gasteiger partial charge in [0.1, 0.15) is 0 Å². The van der Waals surface area contributed by atoms with Gasteiger partial charge in [-0.05, 0) is 30.7 Å². The van der Waals surface area contributed by atoms with Gasteiger partial charge in [0.05, 0.1) is 17.3 Å². The fourth-order valence-electron chi connectivity index (χ4n) is 2.15. The minimum absolute atomic E-state index is 0.156. The first-order valence-electron chi connectivity index (χ1n) is 7.29. The molecule has 3 rings (SSSR count). The van der Waals surface area contributed by atoms with Gasteiger partial charge in [-0.25, -0.2) is 4.98 Å². The summed E-state index contributed by atoms with van der Waals surface area (Å²) in [5.41, 5.74) is 1.67. The van der Waals surface area contributed by atoms with Crippen LogP contribution in [0.1, 0.15) is 23.4 Å². The summed E-state index contributed by atoms with van der Waals surface area (Å²) in [5, 5.41) is 5.40. The van der Waals surface area contributed by atoms with Crippen LogP contribution in [0.15, 0.2) is 47.1 Å². The molecule has 7 heteroatoms. The normalized spacial score (nSPS) is 10.6. The Morgan fingerprint density at radius 3 is 2.83 bits per heavy atom. The van der Waals surface area contributed by atoms with Gasteiger partial charge >= 0.3 is 0 Å². The summed E-state index contributed by atoms with van der Waals surface area (Å²) in [6, 6.07) is 10.8. The Morgan fingerprint density at radius 1 is 1.17 bits per heavy atom. The molecule has 7 nitrogen and oxygen atoms in total. The number of furan rings is 1. The van der Waals surface area contributed by atoms with Gasteiger partial charge in [-0.2, -0.15) is 0 Å². The van der Waals surface area contributed by atoms with Crippen molar-refractivity contribution in [3.63, 3.8) is 0 Å². The molecule has 0 spiro atoms. The molecule has 23 heavy (non-hydrogen) atoms. The molecule has 0 saturated heterocycles. The van der Waals surface area contributed by atoms with Crippen molar-refractivity contribution in [3.05, 3.63) is 48.4 Å². The van der Waals surface area contributed by atoms with Crippen molar-refractivity contribution in [2.24, 2.45) is 0 Å². The average Bonchev–Trinajstić information content (AvgIpc) is 3.20. The summed E-state index contributed by atoms with van der Waals surface area (Å²) in [4.78, 5) is 30.8. The Balaban J connectivity index is 1.42. The maximum Gasteiger partial charge on any atom is 0.286 e. The zero-order valence-electron chi connectivity index (χ0n) is 12.3. The highest BCUT2D eigenvalue weighted by Gasteiger charge is 2.09. The number of nitrogens with one attached hydrogen (secondary N) is 3. The monoisotopic (exact) mass is 312 g/mol. The number of imidazole rings is 1. The zero-order valence-corrected chi connectivity index (χ0v) is 12.3. The Labute approximate surface area is 132 Å². The van der Waals surface area contributed by atoms with E-state index >= 15 is 0 Å². The van der Waals surface area contributed by atoms with E-state index in [9.17, 15) is 9.59 Å². The van der Waals surface area contributed by atoms with E-state index in [4.69, 9.17) is 4.42 Å². The molecule has 2 amide bonds. The molecule has 118 valence electrons. The molecule has 0 saturated carbocycles. The number of aromatic nitrogens is 2. The Bertz CT molecular complexity index is 775. The van der Waals surface area contributed by atoms with Crippen LogP contribution in [-0.2, 0) is 4.79 Å². The van der Waals surface area contributed by atoms with Crippen LogP contribution in [0.2, 0.25) is 0 Å². The number of carbonyl (C=O) groups excluding carboxylic acids is 2. The Kier molecular flexibility index (Phi) is 4.37. The smallest absolute Gasteiger partial charge is 0.286 e. The topological polar surface area (TPSA) is 100 Å². The Hall–Kier alpha value is -3.09. The van der Waals surface area contributed by atoms with Gasteiger partial charge in [0, 0.05) is 13.0 Å². The third-order valence-corrected chi connectivity index (χ3v) is 3.26. The summed E-state index contributed by atoms with van der Waals surface area (Å²) < 4.78 is 4.98.